The normalized spacial score (nSPS) is 17.8. The highest BCUT2D eigenvalue weighted by molar-refractivity contribution is 5.93. The van der Waals surface area contributed by atoms with Crippen molar-refractivity contribution in [1.82, 2.24) is 14.9 Å². The number of piperidine rings is 1. The second-order valence-electron chi connectivity index (χ2n) is 6.57. The lowest BCUT2D eigenvalue weighted by Gasteiger charge is -2.34. The molecule has 0 aromatic carbocycles. The van der Waals surface area contributed by atoms with Crippen LogP contribution in [0.1, 0.15) is 56.2 Å². The molecule has 22 heavy (non-hydrogen) atoms. The Balaban J connectivity index is 1.89. The smallest absolute Gasteiger partial charge is 0.256 e. The molecule has 1 fully saturated rings. The molecule has 0 unspecified atom stereocenters. The second-order valence-corrected chi connectivity index (χ2v) is 6.57. The van der Waals surface area contributed by atoms with Gasteiger partial charge in [-0.15, -0.1) is 0 Å². The van der Waals surface area contributed by atoms with Crippen LogP contribution >= 0.6 is 0 Å². The third-order valence-corrected chi connectivity index (χ3v) is 4.35. The number of nitrogens with zero attached hydrogens (tertiary/aromatic N) is 3. The molecule has 0 aliphatic carbocycles. The predicted octanol–water partition coefficient (Wildman–Crippen LogP) is 2.30. The van der Waals surface area contributed by atoms with Crippen molar-refractivity contribution >= 4 is 5.91 Å². The molecule has 0 saturated carbocycles. The van der Waals surface area contributed by atoms with E-state index in [1.807, 2.05) is 11.8 Å². The molecular weight excluding hydrogens is 278 g/mol. The van der Waals surface area contributed by atoms with Gasteiger partial charge in [0.2, 0.25) is 0 Å². The Bertz CT molecular complexity index is 479. The van der Waals surface area contributed by atoms with Crippen molar-refractivity contribution in [1.29, 1.82) is 0 Å². The lowest BCUT2D eigenvalue weighted by atomic mass is 9.87. The van der Waals surface area contributed by atoms with Gasteiger partial charge in [0.05, 0.1) is 11.7 Å². The van der Waals surface area contributed by atoms with Gasteiger partial charge in [-0.2, -0.15) is 0 Å². The molecule has 1 aromatic rings. The molecule has 1 saturated heterocycles. The molecule has 122 valence electrons. The van der Waals surface area contributed by atoms with Crippen molar-refractivity contribution in [3.05, 3.63) is 23.8 Å². The minimum absolute atomic E-state index is 0.000507. The summed E-state index contributed by atoms with van der Waals surface area (Å²) in [7, 11) is 0. The van der Waals surface area contributed by atoms with Crippen LogP contribution in [0.3, 0.4) is 0 Å². The van der Waals surface area contributed by atoms with E-state index in [0.717, 1.165) is 31.5 Å². The van der Waals surface area contributed by atoms with E-state index in [9.17, 15) is 9.90 Å². The van der Waals surface area contributed by atoms with E-state index >= 15 is 0 Å². The molecule has 1 aliphatic heterocycles. The zero-order valence-corrected chi connectivity index (χ0v) is 13.8. The number of hydrogen-bond donors (Lipinski definition) is 1. The van der Waals surface area contributed by atoms with E-state index in [0.29, 0.717) is 30.5 Å². The van der Waals surface area contributed by atoms with Crippen LogP contribution in [0.2, 0.25) is 0 Å². The van der Waals surface area contributed by atoms with Gasteiger partial charge in [-0.25, -0.2) is 9.97 Å². The summed E-state index contributed by atoms with van der Waals surface area (Å²) < 4.78 is 0. The Morgan fingerprint density at radius 2 is 1.91 bits per heavy atom. The van der Waals surface area contributed by atoms with Crippen LogP contribution in [0, 0.1) is 11.8 Å². The Morgan fingerprint density at radius 3 is 2.41 bits per heavy atom. The molecular formula is C17H27N3O2. The van der Waals surface area contributed by atoms with Gasteiger partial charge in [-0.1, -0.05) is 20.8 Å². The van der Waals surface area contributed by atoms with Crippen LogP contribution in [0.15, 0.2) is 12.4 Å². The summed E-state index contributed by atoms with van der Waals surface area (Å²) in [6.07, 6.45) is 6.34. The number of aromatic nitrogens is 2. The monoisotopic (exact) mass is 305 g/mol. The van der Waals surface area contributed by atoms with E-state index in [1.54, 1.807) is 12.4 Å². The van der Waals surface area contributed by atoms with Crippen LogP contribution in [0.25, 0.3) is 0 Å². The van der Waals surface area contributed by atoms with Gasteiger partial charge in [0.15, 0.2) is 0 Å². The summed E-state index contributed by atoms with van der Waals surface area (Å²) in [4.78, 5) is 22.7. The van der Waals surface area contributed by atoms with Crippen molar-refractivity contribution in [2.24, 2.45) is 11.8 Å². The molecule has 0 spiro atoms. The molecule has 5 nitrogen and oxygen atoms in total. The standard InChI is InChI=1S/C17H27N3O2/c1-4-16-18-10-14(11-19-16)17(22)20-7-5-13(6-8-20)15(21)9-12(2)3/h10-13,15,21H,4-9H2,1-3H3/t15-/m1/s1. The number of amides is 1. The zero-order valence-electron chi connectivity index (χ0n) is 13.8. The summed E-state index contributed by atoms with van der Waals surface area (Å²) in [5.41, 5.74) is 0.554. The summed E-state index contributed by atoms with van der Waals surface area (Å²) in [6.45, 7) is 7.65. The number of likely N-dealkylation sites (tertiary alicyclic amines) is 1. The van der Waals surface area contributed by atoms with E-state index in [2.05, 4.69) is 23.8 Å². The summed E-state index contributed by atoms with van der Waals surface area (Å²) in [6, 6.07) is 0. The minimum Gasteiger partial charge on any atom is -0.393 e. The number of aryl methyl sites for hydroxylation is 1. The lowest BCUT2D eigenvalue weighted by Crippen LogP contribution is -2.41. The first-order valence-electron chi connectivity index (χ1n) is 8.29. The first-order valence-corrected chi connectivity index (χ1v) is 8.29. The van der Waals surface area contributed by atoms with Crippen molar-refractivity contribution < 1.29 is 9.90 Å². The molecule has 2 heterocycles. The number of aliphatic hydroxyl groups is 1. The molecule has 1 N–H and O–H groups in total. The van der Waals surface area contributed by atoms with Crippen molar-refractivity contribution in [3.63, 3.8) is 0 Å². The topological polar surface area (TPSA) is 66.3 Å². The fourth-order valence-corrected chi connectivity index (χ4v) is 2.99. The second kappa shape index (κ2) is 7.68. The number of carbonyl (C=O) groups excluding carboxylic acids is 1. The van der Waals surface area contributed by atoms with Crippen LogP contribution in [0.5, 0.6) is 0 Å². The third-order valence-electron chi connectivity index (χ3n) is 4.35. The van der Waals surface area contributed by atoms with Gasteiger partial charge in [0, 0.05) is 31.9 Å². The molecule has 1 amide bonds. The highest BCUT2D eigenvalue weighted by Crippen LogP contribution is 2.25. The van der Waals surface area contributed by atoms with Gasteiger partial charge in [0.1, 0.15) is 5.82 Å². The zero-order chi connectivity index (χ0) is 16.1. The van der Waals surface area contributed by atoms with Gasteiger partial charge >= 0.3 is 0 Å². The number of rotatable bonds is 5. The Labute approximate surface area is 132 Å². The van der Waals surface area contributed by atoms with Crippen molar-refractivity contribution in [2.75, 3.05) is 13.1 Å². The minimum atomic E-state index is -0.246. The van der Waals surface area contributed by atoms with Gasteiger partial charge in [-0.3, -0.25) is 4.79 Å². The molecule has 5 heteroatoms. The summed E-state index contributed by atoms with van der Waals surface area (Å²) in [5, 5.41) is 10.2. The molecule has 0 radical (unpaired) electrons. The Kier molecular flexibility index (Phi) is 5.89. The average Bonchev–Trinajstić information content (AvgIpc) is 2.54. The maximum absolute atomic E-state index is 12.4. The van der Waals surface area contributed by atoms with Crippen LogP contribution in [-0.4, -0.2) is 45.1 Å². The highest BCUT2D eigenvalue weighted by atomic mass is 16.3. The number of hydrogen-bond acceptors (Lipinski definition) is 4. The Hall–Kier alpha value is -1.49. The predicted molar refractivity (Wildman–Crippen MR) is 85.5 cm³/mol. The fourth-order valence-electron chi connectivity index (χ4n) is 2.99. The van der Waals surface area contributed by atoms with Crippen LogP contribution < -0.4 is 0 Å². The molecule has 1 aromatic heterocycles. The quantitative estimate of drug-likeness (QED) is 0.906. The lowest BCUT2D eigenvalue weighted by molar-refractivity contribution is 0.0384. The third kappa shape index (κ3) is 4.26. The molecule has 0 bridgehead atoms. The fraction of sp³-hybridized carbons (Fsp3) is 0.706. The molecule has 1 aliphatic rings. The first kappa shape index (κ1) is 16.9. The van der Waals surface area contributed by atoms with Crippen LogP contribution in [-0.2, 0) is 6.42 Å². The van der Waals surface area contributed by atoms with Gasteiger partial charge in [-0.05, 0) is 31.1 Å². The largest absolute Gasteiger partial charge is 0.393 e. The van der Waals surface area contributed by atoms with E-state index in [4.69, 9.17) is 0 Å². The van der Waals surface area contributed by atoms with Crippen LogP contribution in [0.4, 0.5) is 0 Å². The number of aliphatic hydroxyl groups excluding tert-OH is 1. The maximum atomic E-state index is 12.4. The SMILES string of the molecule is CCc1ncc(C(=O)N2CCC([C@H](O)CC(C)C)CC2)cn1. The molecule has 1 atom stereocenters. The Morgan fingerprint density at radius 1 is 1.32 bits per heavy atom. The molecule has 2 rings (SSSR count). The summed E-state index contributed by atoms with van der Waals surface area (Å²) in [5.74, 6) is 1.57. The number of carbonyl (C=O) groups is 1. The van der Waals surface area contributed by atoms with Gasteiger partial charge < -0.3 is 10.0 Å². The van der Waals surface area contributed by atoms with Crippen molar-refractivity contribution in [3.8, 4) is 0 Å². The summed E-state index contributed by atoms with van der Waals surface area (Å²) >= 11 is 0. The van der Waals surface area contributed by atoms with E-state index in [1.165, 1.54) is 0 Å². The highest BCUT2D eigenvalue weighted by Gasteiger charge is 2.28. The van der Waals surface area contributed by atoms with Gasteiger partial charge in [0.25, 0.3) is 5.91 Å². The van der Waals surface area contributed by atoms with Crippen molar-refractivity contribution in [2.45, 2.75) is 52.6 Å². The maximum Gasteiger partial charge on any atom is 0.256 e. The van der Waals surface area contributed by atoms with E-state index in [-0.39, 0.29) is 12.0 Å². The van der Waals surface area contributed by atoms with E-state index < -0.39 is 0 Å². The average molecular weight is 305 g/mol. The first-order chi connectivity index (χ1) is 10.5.